The van der Waals surface area contributed by atoms with Gasteiger partial charge in [0.05, 0.1) is 11.6 Å². The number of rotatable bonds is 7. The number of nitrogens with zero attached hydrogens (tertiary/aromatic N) is 5. The summed E-state index contributed by atoms with van der Waals surface area (Å²) in [6.07, 6.45) is 4.43. The molecule has 1 aliphatic carbocycles. The van der Waals surface area contributed by atoms with Crippen LogP contribution in [-0.4, -0.2) is 43.4 Å². The van der Waals surface area contributed by atoms with Crippen LogP contribution >= 0.6 is 0 Å². The van der Waals surface area contributed by atoms with Crippen LogP contribution in [0, 0.1) is 0 Å². The van der Waals surface area contributed by atoms with Crippen LogP contribution < -0.4 is 15.0 Å². The first-order chi connectivity index (χ1) is 17.2. The van der Waals surface area contributed by atoms with Crippen molar-refractivity contribution < 1.29 is 9.47 Å². The molecule has 0 amide bonds. The van der Waals surface area contributed by atoms with E-state index in [1.54, 1.807) is 0 Å². The van der Waals surface area contributed by atoms with Crippen molar-refractivity contribution in [3.8, 4) is 11.5 Å². The number of pyridine rings is 1. The normalized spacial score (nSPS) is 16.4. The Kier molecular flexibility index (Phi) is 5.69. The average Bonchev–Trinajstić information content (AvgIpc) is 3.64. The Balaban J connectivity index is 1.50. The topological polar surface area (TPSA) is 98.2 Å². The van der Waals surface area contributed by atoms with E-state index >= 15 is 0 Å². The van der Waals surface area contributed by atoms with E-state index in [-0.39, 0.29) is 18.4 Å². The zero-order valence-corrected chi connectivity index (χ0v) is 19.7. The maximum Gasteiger partial charge on any atom is 0.253 e. The van der Waals surface area contributed by atoms with Crippen LogP contribution in [0.15, 0.2) is 53.3 Å². The molecule has 1 aliphatic heterocycles. The summed E-state index contributed by atoms with van der Waals surface area (Å²) < 4.78 is 13.0. The fraction of sp³-hybridized carbons (Fsp3) is 0.385. The second-order valence-electron chi connectivity index (χ2n) is 9.22. The van der Waals surface area contributed by atoms with Crippen LogP contribution in [0.1, 0.15) is 61.6 Å². The number of ether oxygens (including phenoxy) is 2. The van der Waals surface area contributed by atoms with Gasteiger partial charge in [0, 0.05) is 23.6 Å². The predicted octanol–water partition coefficient (Wildman–Crippen LogP) is 3.97. The highest BCUT2D eigenvalue weighted by molar-refractivity contribution is 5.83. The molecule has 1 atom stereocenters. The molecule has 0 unspecified atom stereocenters. The van der Waals surface area contributed by atoms with Gasteiger partial charge in [0.15, 0.2) is 17.3 Å². The van der Waals surface area contributed by atoms with E-state index in [1.165, 1.54) is 18.4 Å². The van der Waals surface area contributed by atoms with Crippen LogP contribution in [0.25, 0.3) is 10.9 Å². The maximum absolute atomic E-state index is 13.5. The highest BCUT2D eigenvalue weighted by atomic mass is 16.7. The average molecular weight is 473 g/mol. The fourth-order valence-electron chi connectivity index (χ4n) is 5.31. The Hall–Kier alpha value is -3.72. The molecule has 9 nitrogen and oxygen atoms in total. The number of fused-ring (bicyclic) bond motifs is 2. The summed E-state index contributed by atoms with van der Waals surface area (Å²) in [4.78, 5) is 18.9. The number of benzene rings is 2. The molecular formula is C26H28N6O3. The number of nitrogens with one attached hydrogen (secondary N) is 1. The first-order valence-corrected chi connectivity index (χ1v) is 12.2. The Morgan fingerprint density at radius 1 is 1.11 bits per heavy atom. The van der Waals surface area contributed by atoms with Crippen molar-refractivity contribution in [2.75, 3.05) is 13.3 Å². The molecule has 0 spiro atoms. The highest BCUT2D eigenvalue weighted by Gasteiger charge is 2.33. The largest absolute Gasteiger partial charge is 0.454 e. The summed E-state index contributed by atoms with van der Waals surface area (Å²) in [6, 6.07) is 15.8. The Labute approximate surface area is 202 Å². The van der Waals surface area contributed by atoms with Gasteiger partial charge in [0.25, 0.3) is 5.56 Å². The molecule has 180 valence electrons. The van der Waals surface area contributed by atoms with Gasteiger partial charge in [-0.15, -0.1) is 5.10 Å². The smallest absolute Gasteiger partial charge is 0.253 e. The third-order valence-corrected chi connectivity index (χ3v) is 7.09. The Bertz CT molecular complexity index is 1390. The minimum Gasteiger partial charge on any atom is -0.454 e. The van der Waals surface area contributed by atoms with E-state index in [4.69, 9.17) is 9.47 Å². The van der Waals surface area contributed by atoms with Crippen molar-refractivity contribution in [2.45, 2.75) is 51.2 Å². The van der Waals surface area contributed by atoms with Crippen LogP contribution in [0.5, 0.6) is 11.5 Å². The van der Waals surface area contributed by atoms with Gasteiger partial charge in [0.1, 0.15) is 6.04 Å². The fourth-order valence-corrected chi connectivity index (χ4v) is 5.31. The van der Waals surface area contributed by atoms with Gasteiger partial charge < -0.3 is 14.5 Å². The first-order valence-electron chi connectivity index (χ1n) is 12.2. The molecule has 1 N–H and O–H groups in total. The minimum atomic E-state index is -0.408. The molecule has 2 aromatic heterocycles. The van der Waals surface area contributed by atoms with Crippen molar-refractivity contribution in [3.63, 3.8) is 0 Å². The van der Waals surface area contributed by atoms with Gasteiger partial charge in [0.2, 0.25) is 6.79 Å². The third kappa shape index (κ3) is 4.05. The molecule has 1 saturated carbocycles. The third-order valence-electron chi connectivity index (χ3n) is 7.09. The molecule has 0 radical (unpaired) electrons. The van der Waals surface area contributed by atoms with E-state index in [2.05, 4.69) is 44.5 Å². The first kappa shape index (κ1) is 21.8. The van der Waals surface area contributed by atoms with Gasteiger partial charge >= 0.3 is 0 Å². The molecule has 0 bridgehead atoms. The Morgan fingerprint density at radius 2 is 1.89 bits per heavy atom. The van der Waals surface area contributed by atoms with Gasteiger partial charge in [-0.1, -0.05) is 50.1 Å². The Morgan fingerprint density at radius 3 is 2.66 bits per heavy atom. The molecular weight excluding hydrogens is 444 g/mol. The molecule has 2 aliphatic rings. The molecule has 9 heteroatoms. The zero-order valence-electron chi connectivity index (χ0n) is 19.7. The quantitative estimate of drug-likeness (QED) is 0.435. The summed E-state index contributed by atoms with van der Waals surface area (Å²) >= 11 is 0. The van der Waals surface area contributed by atoms with E-state index in [9.17, 15) is 4.79 Å². The molecule has 1 fully saturated rings. The lowest BCUT2D eigenvalue weighted by Gasteiger charge is -2.30. The summed E-state index contributed by atoms with van der Waals surface area (Å²) in [5.41, 5.74) is 2.33. The monoisotopic (exact) mass is 472 g/mol. The van der Waals surface area contributed by atoms with Crippen molar-refractivity contribution in [1.29, 1.82) is 0 Å². The van der Waals surface area contributed by atoms with E-state index < -0.39 is 6.04 Å². The number of hydrogen-bond donors (Lipinski definition) is 1. The SMILES string of the molecule is CCN(Cc1ccccc1)[C@H](c1cc2cc3c(cc2[nH]c1=O)OCO3)c1nnnn1C1CCCC1. The van der Waals surface area contributed by atoms with Crippen molar-refractivity contribution >= 4 is 10.9 Å². The summed E-state index contributed by atoms with van der Waals surface area (Å²) in [7, 11) is 0. The van der Waals surface area contributed by atoms with Gasteiger partial charge in [-0.2, -0.15) is 0 Å². The lowest BCUT2D eigenvalue weighted by Crippen LogP contribution is -2.35. The van der Waals surface area contributed by atoms with Crippen LogP contribution in [-0.2, 0) is 6.54 Å². The van der Waals surface area contributed by atoms with Crippen molar-refractivity contribution in [2.24, 2.45) is 0 Å². The molecule has 0 saturated heterocycles. The zero-order chi connectivity index (χ0) is 23.8. The molecule has 3 heterocycles. The second-order valence-corrected chi connectivity index (χ2v) is 9.22. The van der Waals surface area contributed by atoms with Crippen LogP contribution in [0.3, 0.4) is 0 Å². The predicted molar refractivity (Wildman–Crippen MR) is 130 cm³/mol. The maximum atomic E-state index is 13.5. The van der Waals surface area contributed by atoms with E-state index in [0.29, 0.717) is 34.9 Å². The van der Waals surface area contributed by atoms with Gasteiger partial charge in [-0.25, -0.2) is 4.68 Å². The van der Waals surface area contributed by atoms with Gasteiger partial charge in [-0.05, 0) is 47.5 Å². The van der Waals surface area contributed by atoms with Crippen LogP contribution in [0.4, 0.5) is 0 Å². The van der Waals surface area contributed by atoms with E-state index in [0.717, 1.165) is 24.8 Å². The number of hydrogen-bond acceptors (Lipinski definition) is 7. The van der Waals surface area contributed by atoms with Crippen molar-refractivity contribution in [1.82, 2.24) is 30.1 Å². The molecule has 2 aromatic carbocycles. The lowest BCUT2D eigenvalue weighted by molar-refractivity contribution is 0.174. The number of H-pyrrole nitrogens is 1. The number of aromatic amines is 1. The summed E-state index contributed by atoms with van der Waals surface area (Å²) in [5.74, 6) is 2.03. The summed E-state index contributed by atoms with van der Waals surface area (Å²) in [6.45, 7) is 3.67. The molecule has 4 aromatic rings. The van der Waals surface area contributed by atoms with E-state index in [1.807, 2.05) is 41.1 Å². The molecule has 6 rings (SSSR count). The standard InChI is InChI=1S/C26H28N6O3/c1-2-31(15-17-8-4-3-5-9-17)24(25-28-29-30-32(25)19-10-6-7-11-19)20-12-18-13-22-23(35-16-34-22)14-21(18)27-26(20)33/h3-5,8-9,12-14,19,24H,2,6-7,10-11,15-16H2,1H3,(H,27,33)/t24-/m1/s1. The molecule has 35 heavy (non-hydrogen) atoms. The van der Waals surface area contributed by atoms with Gasteiger partial charge in [-0.3, -0.25) is 9.69 Å². The lowest BCUT2D eigenvalue weighted by atomic mass is 10.0. The van der Waals surface area contributed by atoms with Crippen LogP contribution in [0.2, 0.25) is 0 Å². The highest BCUT2D eigenvalue weighted by Crippen LogP contribution is 2.37. The number of tetrazole rings is 1. The summed E-state index contributed by atoms with van der Waals surface area (Å²) in [5, 5.41) is 13.8. The minimum absolute atomic E-state index is 0.158. The van der Waals surface area contributed by atoms with Crippen molar-refractivity contribution in [3.05, 3.63) is 75.8 Å². The second kappa shape index (κ2) is 9.14. The number of aromatic nitrogens is 5.